The summed E-state index contributed by atoms with van der Waals surface area (Å²) in [6.45, 7) is 4.17. The number of amides is 1. The molecule has 2 unspecified atom stereocenters. The molecule has 1 amide bonds. The Morgan fingerprint density at radius 2 is 2.05 bits per heavy atom. The third-order valence-electron chi connectivity index (χ3n) is 3.07. The third-order valence-corrected chi connectivity index (χ3v) is 3.07. The van der Waals surface area contributed by atoms with Crippen molar-refractivity contribution >= 4 is 5.91 Å². The molecule has 0 aliphatic carbocycles. The smallest absolute Gasteiger partial charge is 0.220 e. The minimum Gasteiger partial charge on any atom is -0.349 e. The highest BCUT2D eigenvalue weighted by molar-refractivity contribution is 5.76. The summed E-state index contributed by atoms with van der Waals surface area (Å²) in [4.78, 5) is 11.7. The maximum absolute atomic E-state index is 13.5. The van der Waals surface area contributed by atoms with Gasteiger partial charge in [-0.05, 0) is 31.9 Å². The summed E-state index contributed by atoms with van der Waals surface area (Å²) in [7, 11) is 0. The van der Waals surface area contributed by atoms with Gasteiger partial charge in [0.15, 0.2) is 0 Å². The van der Waals surface area contributed by atoms with Crippen molar-refractivity contribution in [2.45, 2.75) is 32.7 Å². The van der Waals surface area contributed by atoms with Crippen molar-refractivity contribution in [3.63, 3.8) is 0 Å². The largest absolute Gasteiger partial charge is 0.349 e. The molecule has 106 valence electrons. The van der Waals surface area contributed by atoms with Crippen molar-refractivity contribution in [2.75, 3.05) is 6.54 Å². The topological polar surface area (TPSA) is 55.1 Å². The van der Waals surface area contributed by atoms with Crippen LogP contribution in [0.1, 0.15) is 38.3 Å². The van der Waals surface area contributed by atoms with Gasteiger partial charge in [-0.2, -0.15) is 0 Å². The van der Waals surface area contributed by atoms with E-state index in [1.165, 1.54) is 12.1 Å². The van der Waals surface area contributed by atoms with Crippen LogP contribution in [0.3, 0.4) is 0 Å². The number of nitrogens with one attached hydrogen (secondary N) is 1. The lowest BCUT2D eigenvalue weighted by molar-refractivity contribution is -0.122. The average Bonchev–Trinajstić information content (AvgIpc) is 2.35. The molecule has 3 nitrogen and oxygen atoms in total. The van der Waals surface area contributed by atoms with Gasteiger partial charge in [0, 0.05) is 18.1 Å². The quantitative estimate of drug-likeness (QED) is 0.834. The average molecular weight is 270 g/mol. The summed E-state index contributed by atoms with van der Waals surface area (Å²) in [5, 5.41) is 2.69. The van der Waals surface area contributed by atoms with E-state index in [1.54, 1.807) is 6.92 Å². The lowest BCUT2D eigenvalue weighted by Crippen LogP contribution is -2.27. The Morgan fingerprint density at radius 1 is 1.37 bits per heavy atom. The van der Waals surface area contributed by atoms with Gasteiger partial charge in [0.05, 0.1) is 6.04 Å². The lowest BCUT2D eigenvalue weighted by Gasteiger charge is -2.16. The maximum Gasteiger partial charge on any atom is 0.220 e. The number of carbonyl (C=O) groups excluding carboxylic acids is 1. The van der Waals surface area contributed by atoms with E-state index in [0.29, 0.717) is 19.4 Å². The molecule has 0 fully saturated rings. The molecule has 3 N–H and O–H groups in total. The van der Waals surface area contributed by atoms with E-state index >= 15 is 0 Å². The van der Waals surface area contributed by atoms with Gasteiger partial charge in [-0.25, -0.2) is 8.78 Å². The van der Waals surface area contributed by atoms with Crippen molar-refractivity contribution in [2.24, 2.45) is 11.7 Å². The summed E-state index contributed by atoms with van der Waals surface area (Å²) < 4.78 is 26.3. The number of hydrogen-bond acceptors (Lipinski definition) is 2. The Morgan fingerprint density at radius 3 is 2.63 bits per heavy atom. The Labute approximate surface area is 112 Å². The summed E-state index contributed by atoms with van der Waals surface area (Å²) in [6, 6.07) is 2.85. The summed E-state index contributed by atoms with van der Waals surface area (Å²) in [5.74, 6) is -1.15. The van der Waals surface area contributed by atoms with Crippen LogP contribution in [-0.2, 0) is 4.79 Å². The molecule has 1 aromatic carbocycles. The standard InChI is InChI=1S/C14H20F2N2O/c1-9(8-17)3-6-14(19)18-10(2)12-5-4-11(15)7-13(12)16/h4-5,7,9-10H,3,6,8,17H2,1-2H3,(H,18,19). The second kappa shape index (κ2) is 7.19. The highest BCUT2D eigenvalue weighted by Crippen LogP contribution is 2.18. The Bertz CT molecular complexity index is 437. The first-order valence-electron chi connectivity index (χ1n) is 6.38. The first-order chi connectivity index (χ1) is 8.93. The minimum atomic E-state index is -0.650. The molecule has 1 aromatic rings. The molecule has 0 heterocycles. The number of nitrogens with two attached hydrogens (primary N) is 1. The fourth-order valence-corrected chi connectivity index (χ4v) is 1.74. The number of rotatable bonds is 6. The molecule has 0 aliphatic heterocycles. The lowest BCUT2D eigenvalue weighted by atomic mass is 10.0. The molecule has 0 aliphatic rings. The molecule has 2 atom stereocenters. The second-order valence-electron chi connectivity index (χ2n) is 4.83. The Balaban J connectivity index is 2.54. The van der Waals surface area contributed by atoms with Gasteiger partial charge in [0.2, 0.25) is 5.91 Å². The van der Waals surface area contributed by atoms with Gasteiger partial charge in [-0.15, -0.1) is 0 Å². The highest BCUT2D eigenvalue weighted by atomic mass is 19.1. The fraction of sp³-hybridized carbons (Fsp3) is 0.500. The van der Waals surface area contributed by atoms with E-state index in [1.807, 2.05) is 6.92 Å². The van der Waals surface area contributed by atoms with Crippen molar-refractivity contribution < 1.29 is 13.6 Å². The van der Waals surface area contributed by atoms with Crippen LogP contribution in [0.4, 0.5) is 8.78 Å². The van der Waals surface area contributed by atoms with Crippen LogP contribution in [0.2, 0.25) is 0 Å². The van der Waals surface area contributed by atoms with E-state index in [0.717, 1.165) is 6.07 Å². The molecule has 0 spiro atoms. The number of benzene rings is 1. The van der Waals surface area contributed by atoms with Crippen LogP contribution in [-0.4, -0.2) is 12.5 Å². The zero-order chi connectivity index (χ0) is 14.4. The van der Waals surface area contributed by atoms with E-state index in [2.05, 4.69) is 5.32 Å². The molecule has 0 saturated heterocycles. The molecule has 1 rings (SSSR count). The molecule has 0 bridgehead atoms. The third kappa shape index (κ3) is 4.95. The van der Waals surface area contributed by atoms with Crippen LogP contribution in [0.5, 0.6) is 0 Å². The van der Waals surface area contributed by atoms with Crippen LogP contribution in [0.25, 0.3) is 0 Å². The molecule has 0 saturated carbocycles. The van der Waals surface area contributed by atoms with E-state index < -0.39 is 17.7 Å². The van der Waals surface area contributed by atoms with Crippen molar-refractivity contribution in [1.29, 1.82) is 0 Å². The molecule has 5 heteroatoms. The SMILES string of the molecule is CC(CN)CCC(=O)NC(C)c1ccc(F)cc1F. The van der Waals surface area contributed by atoms with Gasteiger partial charge >= 0.3 is 0 Å². The number of halogens is 2. The normalized spacial score (nSPS) is 13.9. The van der Waals surface area contributed by atoms with Gasteiger partial charge in [0.1, 0.15) is 11.6 Å². The summed E-state index contributed by atoms with van der Waals surface area (Å²) in [6.07, 6.45) is 1.05. The number of hydrogen-bond donors (Lipinski definition) is 2. The highest BCUT2D eigenvalue weighted by Gasteiger charge is 2.14. The van der Waals surface area contributed by atoms with Crippen LogP contribution in [0, 0.1) is 17.6 Å². The Hall–Kier alpha value is -1.49. The van der Waals surface area contributed by atoms with Gasteiger partial charge < -0.3 is 11.1 Å². The first kappa shape index (κ1) is 15.6. The van der Waals surface area contributed by atoms with Gasteiger partial charge in [0.25, 0.3) is 0 Å². The first-order valence-corrected chi connectivity index (χ1v) is 6.38. The molecular formula is C14H20F2N2O. The number of carbonyl (C=O) groups is 1. The van der Waals surface area contributed by atoms with E-state index in [9.17, 15) is 13.6 Å². The van der Waals surface area contributed by atoms with Crippen molar-refractivity contribution in [1.82, 2.24) is 5.32 Å². The van der Waals surface area contributed by atoms with Crippen LogP contribution < -0.4 is 11.1 Å². The second-order valence-corrected chi connectivity index (χ2v) is 4.83. The Kier molecular flexibility index (Phi) is 5.89. The predicted octanol–water partition coefficient (Wildman–Crippen LogP) is 2.52. The summed E-state index contributed by atoms with van der Waals surface area (Å²) in [5.41, 5.74) is 5.75. The monoisotopic (exact) mass is 270 g/mol. The van der Waals surface area contributed by atoms with Crippen molar-refractivity contribution in [3.05, 3.63) is 35.4 Å². The van der Waals surface area contributed by atoms with E-state index in [4.69, 9.17) is 5.73 Å². The molecule has 0 radical (unpaired) electrons. The summed E-state index contributed by atoms with van der Waals surface area (Å²) >= 11 is 0. The van der Waals surface area contributed by atoms with Crippen molar-refractivity contribution in [3.8, 4) is 0 Å². The molecule has 19 heavy (non-hydrogen) atoms. The van der Waals surface area contributed by atoms with Crippen LogP contribution >= 0.6 is 0 Å². The maximum atomic E-state index is 13.5. The zero-order valence-electron chi connectivity index (χ0n) is 11.2. The zero-order valence-corrected chi connectivity index (χ0v) is 11.2. The molecular weight excluding hydrogens is 250 g/mol. The van der Waals surface area contributed by atoms with E-state index in [-0.39, 0.29) is 17.4 Å². The van der Waals surface area contributed by atoms with Crippen LogP contribution in [0.15, 0.2) is 18.2 Å². The van der Waals surface area contributed by atoms with Gasteiger partial charge in [-0.3, -0.25) is 4.79 Å². The predicted molar refractivity (Wildman–Crippen MR) is 70.4 cm³/mol. The minimum absolute atomic E-state index is 0.156. The molecule has 0 aromatic heterocycles. The fourth-order valence-electron chi connectivity index (χ4n) is 1.74. The van der Waals surface area contributed by atoms with Gasteiger partial charge in [-0.1, -0.05) is 13.0 Å².